The topological polar surface area (TPSA) is 95.2 Å². The fourth-order valence-electron chi connectivity index (χ4n) is 3.62. The number of nitrogens with one attached hydrogen (secondary N) is 1. The summed E-state index contributed by atoms with van der Waals surface area (Å²) in [4.78, 5) is 39.1. The van der Waals surface area contributed by atoms with E-state index in [9.17, 15) is 27.6 Å². The maximum absolute atomic E-state index is 13.1. The molecule has 12 heteroatoms. The molecule has 0 spiro atoms. The van der Waals surface area contributed by atoms with Gasteiger partial charge in [-0.3, -0.25) is 14.2 Å². The molecule has 1 aliphatic rings. The second-order valence-electron chi connectivity index (χ2n) is 7.95. The molecule has 1 unspecified atom stereocenters. The van der Waals surface area contributed by atoms with E-state index >= 15 is 0 Å². The zero-order chi connectivity index (χ0) is 25.2. The molecule has 0 radical (unpaired) electrons. The van der Waals surface area contributed by atoms with Crippen LogP contribution in [0.4, 0.5) is 13.2 Å². The van der Waals surface area contributed by atoms with Crippen LogP contribution in [0.1, 0.15) is 34.5 Å². The van der Waals surface area contributed by atoms with E-state index in [2.05, 4.69) is 10.4 Å². The molecule has 1 aromatic heterocycles. The van der Waals surface area contributed by atoms with Crippen LogP contribution < -0.4 is 16.6 Å². The van der Waals surface area contributed by atoms with Gasteiger partial charge in [0.25, 0.3) is 11.5 Å². The fraction of sp³-hybridized carbons (Fsp3) is 0.304. The summed E-state index contributed by atoms with van der Waals surface area (Å²) in [7, 11) is 0. The van der Waals surface area contributed by atoms with Crippen molar-refractivity contribution in [3.8, 4) is 5.69 Å². The van der Waals surface area contributed by atoms with Crippen molar-refractivity contribution in [1.82, 2.24) is 19.7 Å². The van der Waals surface area contributed by atoms with Crippen LogP contribution in [0.5, 0.6) is 0 Å². The molecule has 0 bridgehead atoms. The van der Waals surface area contributed by atoms with Gasteiger partial charge in [0, 0.05) is 18.2 Å². The van der Waals surface area contributed by atoms with Crippen molar-refractivity contribution in [3.63, 3.8) is 0 Å². The van der Waals surface area contributed by atoms with Crippen molar-refractivity contribution in [2.45, 2.75) is 31.7 Å². The molecule has 0 aliphatic carbocycles. The van der Waals surface area contributed by atoms with Crippen LogP contribution in [-0.2, 0) is 17.5 Å². The molecule has 1 saturated heterocycles. The Hall–Kier alpha value is -3.44. The number of ether oxygens (including phenoxy) is 1. The van der Waals surface area contributed by atoms with E-state index in [-0.39, 0.29) is 30.4 Å². The quantitative estimate of drug-likeness (QED) is 0.552. The van der Waals surface area contributed by atoms with Crippen LogP contribution in [0.25, 0.3) is 5.69 Å². The zero-order valence-corrected chi connectivity index (χ0v) is 19.0. The molecule has 1 amide bonds. The molecule has 2 aromatic carbocycles. The molecule has 2 heterocycles. The Kier molecular flexibility index (Phi) is 7.08. The second kappa shape index (κ2) is 10.0. The summed E-state index contributed by atoms with van der Waals surface area (Å²) in [6, 6.07) is 10.0. The zero-order valence-electron chi connectivity index (χ0n) is 18.2. The van der Waals surface area contributed by atoms with Gasteiger partial charge in [-0.15, -0.1) is 0 Å². The average molecular weight is 509 g/mol. The molecule has 1 atom stereocenters. The SMILES string of the molecule is O=C(NCC1CCCO1)c1nn(-c2ccc(Cl)cc2)c(=O)n(Cc2ccc(C(F)(F)F)cc2)c1=O. The Morgan fingerprint density at radius 1 is 1.11 bits per heavy atom. The highest BCUT2D eigenvalue weighted by molar-refractivity contribution is 6.30. The highest BCUT2D eigenvalue weighted by Crippen LogP contribution is 2.29. The van der Waals surface area contributed by atoms with Crippen LogP contribution in [0.3, 0.4) is 0 Å². The van der Waals surface area contributed by atoms with Gasteiger partial charge in [0.1, 0.15) is 0 Å². The molecule has 1 fully saturated rings. The molecule has 8 nitrogen and oxygen atoms in total. The number of amides is 1. The Morgan fingerprint density at radius 2 is 1.80 bits per heavy atom. The van der Waals surface area contributed by atoms with Gasteiger partial charge < -0.3 is 10.1 Å². The van der Waals surface area contributed by atoms with Crippen molar-refractivity contribution < 1.29 is 22.7 Å². The third-order valence-electron chi connectivity index (χ3n) is 5.48. The number of rotatable bonds is 6. The number of alkyl halides is 3. The standard InChI is InChI=1S/C23H20ClF3N4O4/c24-16-7-9-17(10-8-16)31-22(34)30(13-14-3-5-15(6-4-14)23(25,26)27)21(33)19(29-31)20(32)28-12-18-2-1-11-35-18/h3-10,18H,1-2,11-13H2,(H,28,32). The first kappa shape index (κ1) is 24.7. The summed E-state index contributed by atoms with van der Waals surface area (Å²) in [6.07, 6.45) is -3.09. The molecule has 4 rings (SSSR count). The fourth-order valence-corrected chi connectivity index (χ4v) is 3.75. The maximum atomic E-state index is 13.1. The molecule has 35 heavy (non-hydrogen) atoms. The van der Waals surface area contributed by atoms with Crippen LogP contribution >= 0.6 is 11.6 Å². The first-order valence-electron chi connectivity index (χ1n) is 10.7. The third-order valence-corrected chi connectivity index (χ3v) is 5.73. The van der Waals surface area contributed by atoms with Crippen LogP contribution in [0, 0.1) is 0 Å². The number of hydrogen-bond acceptors (Lipinski definition) is 5. The van der Waals surface area contributed by atoms with Gasteiger partial charge in [0.15, 0.2) is 0 Å². The molecular formula is C23H20ClF3N4O4. The normalized spacial score (nSPS) is 15.8. The van der Waals surface area contributed by atoms with E-state index in [0.717, 1.165) is 34.2 Å². The molecule has 3 aromatic rings. The molecule has 0 saturated carbocycles. The minimum absolute atomic E-state index is 0.166. The van der Waals surface area contributed by atoms with Gasteiger partial charge in [0.05, 0.1) is 23.9 Å². The lowest BCUT2D eigenvalue weighted by Crippen LogP contribution is -2.46. The van der Waals surface area contributed by atoms with Gasteiger partial charge in [0.2, 0.25) is 5.69 Å². The summed E-state index contributed by atoms with van der Waals surface area (Å²) in [6.45, 7) is 0.386. The van der Waals surface area contributed by atoms with Crippen molar-refractivity contribution in [2.75, 3.05) is 13.2 Å². The van der Waals surface area contributed by atoms with Gasteiger partial charge in [-0.2, -0.15) is 23.0 Å². The number of aromatic nitrogens is 3. The molecule has 184 valence electrons. The number of nitrogens with zero attached hydrogens (tertiary/aromatic N) is 3. The minimum atomic E-state index is -4.53. The summed E-state index contributed by atoms with van der Waals surface area (Å²) in [5.41, 5.74) is -2.73. The largest absolute Gasteiger partial charge is 0.416 e. The van der Waals surface area contributed by atoms with Crippen LogP contribution in [0.15, 0.2) is 58.1 Å². The first-order valence-corrected chi connectivity index (χ1v) is 11.1. The second-order valence-corrected chi connectivity index (χ2v) is 8.39. The third kappa shape index (κ3) is 5.63. The Balaban J connectivity index is 1.73. The van der Waals surface area contributed by atoms with Crippen LogP contribution in [-0.4, -0.2) is 39.5 Å². The van der Waals surface area contributed by atoms with E-state index in [1.165, 1.54) is 36.4 Å². The van der Waals surface area contributed by atoms with Crippen molar-refractivity contribution in [1.29, 1.82) is 0 Å². The lowest BCUT2D eigenvalue weighted by Gasteiger charge is -2.14. The Morgan fingerprint density at radius 3 is 2.40 bits per heavy atom. The highest BCUT2D eigenvalue weighted by atomic mass is 35.5. The van der Waals surface area contributed by atoms with E-state index in [4.69, 9.17) is 16.3 Å². The number of halogens is 4. The van der Waals surface area contributed by atoms with Crippen molar-refractivity contribution in [2.24, 2.45) is 0 Å². The minimum Gasteiger partial charge on any atom is -0.376 e. The highest BCUT2D eigenvalue weighted by Gasteiger charge is 2.30. The van der Waals surface area contributed by atoms with Crippen molar-refractivity contribution in [3.05, 3.63) is 91.2 Å². The summed E-state index contributed by atoms with van der Waals surface area (Å²) < 4.78 is 45.8. The molecular weight excluding hydrogens is 489 g/mol. The van der Waals surface area contributed by atoms with Gasteiger partial charge in [-0.25, -0.2) is 4.79 Å². The monoisotopic (exact) mass is 508 g/mol. The van der Waals surface area contributed by atoms with E-state index in [0.29, 0.717) is 11.6 Å². The summed E-state index contributed by atoms with van der Waals surface area (Å²) in [5, 5.41) is 6.99. The molecule has 1 aliphatic heterocycles. The first-order chi connectivity index (χ1) is 16.6. The lowest BCUT2D eigenvalue weighted by atomic mass is 10.1. The van der Waals surface area contributed by atoms with Crippen LogP contribution in [0.2, 0.25) is 5.02 Å². The Labute approximate surface area is 201 Å². The number of hydrogen-bond donors (Lipinski definition) is 1. The van der Waals surface area contributed by atoms with E-state index in [1.807, 2.05) is 0 Å². The lowest BCUT2D eigenvalue weighted by molar-refractivity contribution is -0.137. The number of carbonyl (C=O) groups is 1. The predicted octanol–water partition coefficient (Wildman–Crippen LogP) is 3.02. The number of benzene rings is 2. The Bertz CT molecular complexity index is 1330. The van der Waals surface area contributed by atoms with E-state index in [1.54, 1.807) is 0 Å². The number of carbonyl (C=O) groups excluding carboxylic acids is 1. The summed E-state index contributed by atoms with van der Waals surface area (Å²) >= 11 is 5.91. The predicted molar refractivity (Wildman–Crippen MR) is 121 cm³/mol. The van der Waals surface area contributed by atoms with Crippen molar-refractivity contribution >= 4 is 17.5 Å². The summed E-state index contributed by atoms with van der Waals surface area (Å²) in [5.74, 6) is -0.797. The van der Waals surface area contributed by atoms with E-state index < -0.39 is 34.6 Å². The average Bonchev–Trinajstić information content (AvgIpc) is 3.35. The van der Waals surface area contributed by atoms with Gasteiger partial charge in [-0.05, 0) is 54.8 Å². The van der Waals surface area contributed by atoms with Gasteiger partial charge >= 0.3 is 11.9 Å². The maximum Gasteiger partial charge on any atom is 0.416 e. The van der Waals surface area contributed by atoms with Gasteiger partial charge in [-0.1, -0.05) is 23.7 Å². The smallest absolute Gasteiger partial charge is 0.376 e. The molecule has 1 N–H and O–H groups in total.